The lowest BCUT2D eigenvalue weighted by Gasteiger charge is -2.06. The van der Waals surface area contributed by atoms with Crippen LogP contribution in [-0.2, 0) is 14.2 Å². The Labute approximate surface area is 105 Å². The van der Waals surface area contributed by atoms with Crippen molar-refractivity contribution in [2.24, 2.45) is 0 Å². The predicted molar refractivity (Wildman–Crippen MR) is 61.8 cm³/mol. The van der Waals surface area contributed by atoms with Crippen LogP contribution in [0.3, 0.4) is 0 Å². The highest BCUT2D eigenvalue weighted by atomic mass is 19.1. The highest BCUT2D eigenvalue weighted by Crippen LogP contribution is 2.06. The number of carbonyl (C=O) groups is 1. The fraction of sp³-hybridized carbons (Fsp3) is 0.500. The van der Waals surface area contributed by atoms with Gasteiger partial charge in [0.15, 0.2) is 5.82 Å². The quantitative estimate of drug-likeness (QED) is 0.521. The molecule has 0 aliphatic heterocycles. The molecule has 1 rings (SSSR count). The third kappa shape index (κ3) is 5.20. The zero-order chi connectivity index (χ0) is 13.2. The van der Waals surface area contributed by atoms with Gasteiger partial charge in [0.1, 0.15) is 0 Å². The molecule has 1 aromatic rings. The molecule has 0 saturated heterocycles. The molecule has 0 N–H and O–H groups in total. The molecule has 0 aromatic carbocycles. The maximum Gasteiger partial charge on any atom is 0.341 e. The molecular weight excluding hydrogens is 241 g/mol. The lowest BCUT2D eigenvalue weighted by molar-refractivity contribution is 0.0381. The molecule has 100 valence electrons. The standard InChI is InChI=1S/C12H16FNO4/c1-16-7-8-17-5-2-6-18-12(15)10-3-4-14-9-11(10)13/h3-4,9H,2,5-8H2,1H3. The predicted octanol–water partition coefficient (Wildman–Crippen LogP) is 1.43. The van der Waals surface area contributed by atoms with Crippen LogP contribution in [0.1, 0.15) is 16.8 Å². The van der Waals surface area contributed by atoms with Gasteiger partial charge in [0.05, 0.1) is 31.6 Å². The molecule has 0 aliphatic carbocycles. The third-order valence-electron chi connectivity index (χ3n) is 2.09. The van der Waals surface area contributed by atoms with E-state index in [0.29, 0.717) is 26.2 Å². The zero-order valence-corrected chi connectivity index (χ0v) is 10.2. The van der Waals surface area contributed by atoms with E-state index in [4.69, 9.17) is 14.2 Å². The number of esters is 1. The largest absolute Gasteiger partial charge is 0.462 e. The van der Waals surface area contributed by atoms with Crippen molar-refractivity contribution < 1.29 is 23.4 Å². The van der Waals surface area contributed by atoms with Crippen molar-refractivity contribution in [1.29, 1.82) is 0 Å². The van der Waals surface area contributed by atoms with Crippen LogP contribution < -0.4 is 0 Å². The summed E-state index contributed by atoms with van der Waals surface area (Å²) in [7, 11) is 1.59. The number of aromatic nitrogens is 1. The van der Waals surface area contributed by atoms with Crippen molar-refractivity contribution in [3.63, 3.8) is 0 Å². The number of pyridine rings is 1. The normalized spacial score (nSPS) is 10.3. The second-order valence-electron chi connectivity index (χ2n) is 3.45. The summed E-state index contributed by atoms with van der Waals surface area (Å²) in [6, 6.07) is 1.28. The number of rotatable bonds is 8. The summed E-state index contributed by atoms with van der Waals surface area (Å²) in [5.41, 5.74) is -0.106. The van der Waals surface area contributed by atoms with E-state index < -0.39 is 11.8 Å². The molecule has 1 heterocycles. The molecule has 0 bridgehead atoms. The van der Waals surface area contributed by atoms with E-state index in [0.717, 1.165) is 6.20 Å². The van der Waals surface area contributed by atoms with Crippen LogP contribution in [0.4, 0.5) is 4.39 Å². The summed E-state index contributed by atoms with van der Waals surface area (Å²) >= 11 is 0. The van der Waals surface area contributed by atoms with Crippen molar-refractivity contribution in [3.8, 4) is 0 Å². The Bertz CT molecular complexity index is 373. The molecule has 0 fully saturated rings. The summed E-state index contributed by atoms with van der Waals surface area (Å²) in [4.78, 5) is 15.0. The highest BCUT2D eigenvalue weighted by Gasteiger charge is 2.12. The van der Waals surface area contributed by atoms with Gasteiger partial charge in [-0.05, 0) is 6.07 Å². The van der Waals surface area contributed by atoms with Crippen molar-refractivity contribution in [1.82, 2.24) is 4.98 Å². The SMILES string of the molecule is COCCOCCCOC(=O)c1ccncc1F. The molecule has 18 heavy (non-hydrogen) atoms. The summed E-state index contributed by atoms with van der Waals surface area (Å²) in [5.74, 6) is -1.37. The molecule has 0 radical (unpaired) electrons. The molecule has 1 aromatic heterocycles. The number of nitrogens with zero attached hydrogens (tertiary/aromatic N) is 1. The second kappa shape index (κ2) is 8.54. The van der Waals surface area contributed by atoms with Gasteiger partial charge in [-0.3, -0.25) is 4.98 Å². The van der Waals surface area contributed by atoms with E-state index in [1.807, 2.05) is 0 Å². The molecular formula is C12H16FNO4. The zero-order valence-electron chi connectivity index (χ0n) is 10.2. The van der Waals surface area contributed by atoms with E-state index in [2.05, 4.69) is 4.98 Å². The van der Waals surface area contributed by atoms with Crippen LogP contribution in [0.25, 0.3) is 0 Å². The lowest BCUT2D eigenvalue weighted by Crippen LogP contribution is -2.11. The summed E-state index contributed by atoms with van der Waals surface area (Å²) in [5, 5.41) is 0. The topological polar surface area (TPSA) is 57.7 Å². The molecule has 6 heteroatoms. The number of hydrogen-bond donors (Lipinski definition) is 0. The number of methoxy groups -OCH3 is 1. The maximum atomic E-state index is 13.2. The smallest absolute Gasteiger partial charge is 0.341 e. The van der Waals surface area contributed by atoms with Gasteiger partial charge in [0.25, 0.3) is 0 Å². The first-order valence-corrected chi connectivity index (χ1v) is 5.59. The number of ether oxygens (including phenoxy) is 3. The fourth-order valence-electron chi connectivity index (χ4n) is 1.19. The summed E-state index contributed by atoms with van der Waals surface area (Å²) in [6.45, 7) is 1.69. The van der Waals surface area contributed by atoms with E-state index >= 15 is 0 Å². The molecule has 0 amide bonds. The minimum Gasteiger partial charge on any atom is -0.462 e. The molecule has 0 saturated carbocycles. The Kier molecular flexibility index (Phi) is 6.90. The van der Waals surface area contributed by atoms with Gasteiger partial charge >= 0.3 is 5.97 Å². The number of halogens is 1. The average Bonchev–Trinajstić information content (AvgIpc) is 2.38. The Morgan fingerprint density at radius 2 is 2.17 bits per heavy atom. The van der Waals surface area contributed by atoms with Gasteiger partial charge < -0.3 is 14.2 Å². The van der Waals surface area contributed by atoms with Gasteiger partial charge in [-0.25, -0.2) is 9.18 Å². The Balaban J connectivity index is 2.16. The van der Waals surface area contributed by atoms with Crippen molar-refractivity contribution >= 4 is 5.97 Å². The summed E-state index contributed by atoms with van der Waals surface area (Å²) < 4.78 is 28.0. The monoisotopic (exact) mass is 257 g/mol. The Morgan fingerprint density at radius 3 is 2.89 bits per heavy atom. The van der Waals surface area contributed by atoms with Gasteiger partial charge in [-0.1, -0.05) is 0 Å². The van der Waals surface area contributed by atoms with Gasteiger partial charge in [-0.15, -0.1) is 0 Å². The molecule has 0 aliphatic rings. The molecule has 5 nitrogen and oxygen atoms in total. The van der Waals surface area contributed by atoms with Crippen LogP contribution in [-0.4, -0.2) is 44.5 Å². The Hall–Kier alpha value is -1.53. The second-order valence-corrected chi connectivity index (χ2v) is 3.45. The lowest BCUT2D eigenvalue weighted by atomic mass is 10.2. The minimum atomic E-state index is -0.688. The first-order valence-electron chi connectivity index (χ1n) is 5.59. The average molecular weight is 257 g/mol. The van der Waals surface area contributed by atoms with Crippen LogP contribution in [0.15, 0.2) is 18.5 Å². The van der Waals surface area contributed by atoms with Crippen LogP contribution in [0, 0.1) is 5.82 Å². The van der Waals surface area contributed by atoms with Crippen LogP contribution >= 0.6 is 0 Å². The van der Waals surface area contributed by atoms with E-state index in [1.54, 1.807) is 7.11 Å². The van der Waals surface area contributed by atoms with Gasteiger partial charge in [-0.2, -0.15) is 0 Å². The first-order chi connectivity index (χ1) is 8.75. The summed E-state index contributed by atoms with van der Waals surface area (Å²) in [6.07, 6.45) is 2.88. The molecule has 0 atom stereocenters. The van der Waals surface area contributed by atoms with Gasteiger partial charge in [0.2, 0.25) is 0 Å². The molecule has 0 spiro atoms. The minimum absolute atomic E-state index is 0.106. The maximum absolute atomic E-state index is 13.2. The van der Waals surface area contributed by atoms with Crippen molar-refractivity contribution in [2.45, 2.75) is 6.42 Å². The van der Waals surface area contributed by atoms with E-state index in [9.17, 15) is 9.18 Å². The van der Waals surface area contributed by atoms with Crippen LogP contribution in [0.2, 0.25) is 0 Å². The van der Waals surface area contributed by atoms with Crippen molar-refractivity contribution in [2.75, 3.05) is 33.5 Å². The van der Waals surface area contributed by atoms with Crippen LogP contribution in [0.5, 0.6) is 0 Å². The number of carbonyl (C=O) groups excluding carboxylic acids is 1. The first kappa shape index (κ1) is 14.5. The Morgan fingerprint density at radius 1 is 1.33 bits per heavy atom. The number of hydrogen-bond acceptors (Lipinski definition) is 5. The van der Waals surface area contributed by atoms with Gasteiger partial charge in [0, 0.05) is 26.3 Å². The third-order valence-corrected chi connectivity index (χ3v) is 2.09. The fourth-order valence-corrected chi connectivity index (χ4v) is 1.19. The highest BCUT2D eigenvalue weighted by molar-refractivity contribution is 5.89. The van der Waals surface area contributed by atoms with Crippen molar-refractivity contribution in [3.05, 3.63) is 29.8 Å². The molecule has 0 unspecified atom stereocenters. The van der Waals surface area contributed by atoms with E-state index in [1.165, 1.54) is 12.3 Å². The van der Waals surface area contributed by atoms with E-state index in [-0.39, 0.29) is 12.2 Å².